The Balaban J connectivity index is 1.30. The summed E-state index contributed by atoms with van der Waals surface area (Å²) in [4.78, 5) is 6.47. The molecule has 2 heterocycles. The average Bonchev–Trinajstić information content (AvgIpc) is 3.18. The van der Waals surface area contributed by atoms with Crippen LogP contribution in [-0.4, -0.2) is 15.8 Å². The number of aryl methyl sites for hydroxylation is 1. The molecule has 0 saturated heterocycles. The van der Waals surface area contributed by atoms with Crippen LogP contribution in [0.3, 0.4) is 0 Å². The summed E-state index contributed by atoms with van der Waals surface area (Å²) in [6.07, 6.45) is 0. The van der Waals surface area contributed by atoms with Crippen LogP contribution in [0.15, 0.2) is 91.9 Å². The number of hydrogen-bond acceptors (Lipinski definition) is 9. The summed E-state index contributed by atoms with van der Waals surface area (Å²) in [7, 11) is 0. The maximum Gasteiger partial charge on any atom is 0.253 e. The molecule has 1 aliphatic rings. The quantitative estimate of drug-likeness (QED) is 0.139. The van der Waals surface area contributed by atoms with E-state index < -0.39 is 0 Å². The second kappa shape index (κ2) is 9.05. The van der Waals surface area contributed by atoms with Crippen LogP contribution in [0.5, 0.6) is 5.88 Å². The molecule has 3 aromatic carbocycles. The summed E-state index contributed by atoms with van der Waals surface area (Å²) in [6, 6.07) is 22.1. The number of benzene rings is 3. The lowest BCUT2D eigenvalue weighted by atomic mass is 10.1. The van der Waals surface area contributed by atoms with Crippen LogP contribution in [0.2, 0.25) is 0 Å². The molecule has 0 unspecified atom stereocenters. The lowest BCUT2D eigenvalue weighted by Gasteiger charge is -2.21. The topological polar surface area (TPSA) is 94.3 Å². The van der Waals surface area contributed by atoms with Gasteiger partial charge in [-0.1, -0.05) is 53.4 Å². The third kappa shape index (κ3) is 4.74. The number of nitrogens with one attached hydrogen (secondary N) is 2. The van der Waals surface area contributed by atoms with E-state index in [2.05, 4.69) is 55.3 Å². The van der Waals surface area contributed by atoms with E-state index >= 15 is 0 Å². The second-order valence-corrected chi connectivity index (χ2v) is 9.49. The van der Waals surface area contributed by atoms with E-state index in [1.165, 1.54) is 21.1 Å². The van der Waals surface area contributed by atoms with Crippen LogP contribution in [-0.2, 0) is 0 Å². The Morgan fingerprint density at radius 2 is 1.82 bits per heavy atom. The van der Waals surface area contributed by atoms with Gasteiger partial charge in [0.1, 0.15) is 0 Å². The highest BCUT2D eigenvalue weighted by atomic mass is 32.2. The number of hydrogen-bond donors (Lipinski definition) is 3. The Morgan fingerprint density at radius 3 is 2.70 bits per heavy atom. The zero-order chi connectivity index (χ0) is 22.8. The number of azo groups is 1. The van der Waals surface area contributed by atoms with Crippen molar-refractivity contribution in [2.45, 2.75) is 23.6 Å². The zero-order valence-corrected chi connectivity index (χ0v) is 19.5. The molecule has 0 atom stereocenters. The Kier molecular flexibility index (Phi) is 5.80. The summed E-state index contributed by atoms with van der Waals surface area (Å²) >= 11 is 2.93. The van der Waals surface area contributed by atoms with E-state index in [0.717, 1.165) is 28.2 Å². The number of anilines is 3. The summed E-state index contributed by atoms with van der Waals surface area (Å²) in [5, 5.41) is 27.1. The minimum absolute atomic E-state index is 0.180. The first kappa shape index (κ1) is 21.2. The Hall–Kier alpha value is -3.69. The van der Waals surface area contributed by atoms with Crippen LogP contribution in [0, 0.1) is 6.92 Å². The van der Waals surface area contributed by atoms with Crippen molar-refractivity contribution in [3.63, 3.8) is 0 Å². The van der Waals surface area contributed by atoms with Crippen molar-refractivity contribution in [3.8, 4) is 5.88 Å². The summed E-state index contributed by atoms with van der Waals surface area (Å²) in [5.41, 5.74) is 8.65. The smallest absolute Gasteiger partial charge is 0.253 e. The number of aromatic nitrogens is 1. The van der Waals surface area contributed by atoms with Crippen molar-refractivity contribution in [1.29, 1.82) is 0 Å². The maximum atomic E-state index is 10.1. The summed E-state index contributed by atoms with van der Waals surface area (Å²) in [5.74, 6) is -0.180. The van der Waals surface area contributed by atoms with Crippen LogP contribution in [0.4, 0.5) is 27.2 Å². The minimum atomic E-state index is -0.180. The molecule has 1 aliphatic heterocycles. The number of thiazole rings is 1. The Morgan fingerprint density at radius 1 is 0.970 bits per heavy atom. The SMILES string of the molecule is CC(=NNc1nc(O)c(N=Nc2cccc(C)c2)s1)c1ccc2c(c1)Nc1ccccc1S2. The monoisotopic (exact) mass is 472 g/mol. The third-order valence-electron chi connectivity index (χ3n) is 4.94. The molecular formula is C24H20N6OS2. The van der Waals surface area contributed by atoms with Gasteiger partial charge in [0.25, 0.3) is 5.88 Å². The van der Waals surface area contributed by atoms with Crippen LogP contribution in [0.25, 0.3) is 0 Å². The second-order valence-electron chi connectivity index (χ2n) is 7.43. The van der Waals surface area contributed by atoms with Gasteiger partial charge in [-0.15, -0.1) is 10.2 Å². The van der Waals surface area contributed by atoms with Crippen LogP contribution in [0.1, 0.15) is 18.1 Å². The predicted molar refractivity (Wildman–Crippen MR) is 135 cm³/mol. The van der Waals surface area contributed by atoms with Gasteiger partial charge >= 0.3 is 0 Å². The molecular weight excluding hydrogens is 452 g/mol. The minimum Gasteiger partial charge on any atom is -0.491 e. The fraction of sp³-hybridized carbons (Fsp3) is 0.0833. The molecule has 164 valence electrons. The summed E-state index contributed by atoms with van der Waals surface area (Å²) < 4.78 is 0. The van der Waals surface area contributed by atoms with Gasteiger partial charge in [-0.2, -0.15) is 10.1 Å². The molecule has 0 aliphatic carbocycles. The first-order chi connectivity index (χ1) is 16.0. The number of rotatable bonds is 5. The van der Waals surface area contributed by atoms with Crippen LogP contribution >= 0.6 is 23.1 Å². The molecule has 0 spiro atoms. The predicted octanol–water partition coefficient (Wildman–Crippen LogP) is 7.62. The normalized spacial score (nSPS) is 12.8. The molecule has 7 nitrogen and oxygen atoms in total. The highest BCUT2D eigenvalue weighted by Crippen LogP contribution is 2.44. The lowest BCUT2D eigenvalue weighted by Crippen LogP contribution is -2.04. The fourth-order valence-electron chi connectivity index (χ4n) is 3.27. The lowest BCUT2D eigenvalue weighted by molar-refractivity contribution is 0.459. The van der Waals surface area contributed by atoms with E-state index in [1.54, 1.807) is 11.8 Å². The van der Waals surface area contributed by atoms with E-state index in [0.29, 0.717) is 15.8 Å². The van der Waals surface area contributed by atoms with Gasteiger partial charge in [0.05, 0.1) is 22.8 Å². The van der Waals surface area contributed by atoms with Gasteiger partial charge in [0.15, 0.2) is 0 Å². The zero-order valence-electron chi connectivity index (χ0n) is 17.9. The molecule has 4 aromatic rings. The van der Waals surface area contributed by atoms with Gasteiger partial charge < -0.3 is 10.4 Å². The molecule has 0 fully saturated rings. The van der Waals surface area contributed by atoms with E-state index in [1.807, 2.05) is 56.3 Å². The van der Waals surface area contributed by atoms with E-state index in [4.69, 9.17) is 0 Å². The highest BCUT2D eigenvalue weighted by Gasteiger charge is 2.16. The Bertz CT molecular complexity index is 1400. The van der Waals surface area contributed by atoms with Crippen molar-refractivity contribution in [3.05, 3.63) is 77.9 Å². The van der Waals surface area contributed by atoms with Crippen LogP contribution < -0.4 is 10.7 Å². The molecule has 0 bridgehead atoms. The molecule has 0 saturated carbocycles. The molecule has 3 N–H and O–H groups in total. The van der Waals surface area contributed by atoms with Crippen molar-refractivity contribution in [2.24, 2.45) is 15.3 Å². The number of fused-ring (bicyclic) bond motifs is 2. The molecule has 5 rings (SSSR count). The molecule has 33 heavy (non-hydrogen) atoms. The maximum absolute atomic E-state index is 10.1. The van der Waals surface area contributed by atoms with Crippen molar-refractivity contribution >= 4 is 56.0 Å². The van der Waals surface area contributed by atoms with E-state index in [9.17, 15) is 5.11 Å². The first-order valence-corrected chi connectivity index (χ1v) is 11.9. The van der Waals surface area contributed by atoms with Crippen molar-refractivity contribution in [2.75, 3.05) is 10.7 Å². The molecule has 0 amide bonds. The van der Waals surface area contributed by atoms with Gasteiger partial charge in [-0.25, -0.2) is 0 Å². The number of para-hydroxylation sites is 1. The largest absolute Gasteiger partial charge is 0.491 e. The van der Waals surface area contributed by atoms with Crippen molar-refractivity contribution in [1.82, 2.24) is 4.98 Å². The van der Waals surface area contributed by atoms with Gasteiger partial charge in [0.2, 0.25) is 10.1 Å². The third-order valence-corrected chi connectivity index (χ3v) is 6.93. The standard InChI is InChI=1S/C24H20N6OS2/c1-14-6-5-7-17(12-14)28-29-23-22(31)26-24(33-23)30-27-15(2)16-10-11-21-19(13-16)25-18-8-3-4-9-20(18)32-21/h3-13,25,31H,1-2H3,(H,26,30). The molecule has 9 heteroatoms. The van der Waals surface area contributed by atoms with Gasteiger partial charge in [0, 0.05) is 9.79 Å². The van der Waals surface area contributed by atoms with Crippen molar-refractivity contribution < 1.29 is 5.11 Å². The van der Waals surface area contributed by atoms with Gasteiger partial charge in [-0.05, 0) is 61.4 Å². The number of aromatic hydroxyl groups is 1. The van der Waals surface area contributed by atoms with E-state index in [-0.39, 0.29) is 5.88 Å². The average molecular weight is 473 g/mol. The Labute approximate surface area is 199 Å². The highest BCUT2D eigenvalue weighted by molar-refractivity contribution is 7.99. The fourth-order valence-corrected chi connectivity index (χ4v) is 4.86. The number of nitrogens with zero attached hydrogens (tertiary/aromatic N) is 4. The number of hydrazone groups is 1. The molecule has 0 radical (unpaired) electrons. The first-order valence-electron chi connectivity index (χ1n) is 10.2. The van der Waals surface area contributed by atoms with Gasteiger partial charge in [-0.3, -0.25) is 5.43 Å². The summed E-state index contributed by atoms with van der Waals surface area (Å²) in [6.45, 7) is 3.91. The molecule has 1 aromatic heterocycles.